The van der Waals surface area contributed by atoms with Crippen LogP contribution in [0.1, 0.15) is 6.92 Å². The van der Waals surface area contributed by atoms with Gasteiger partial charge in [-0.25, -0.2) is 27.1 Å². The minimum Gasteiger partial charge on any atom is -0.492 e. The van der Waals surface area contributed by atoms with Gasteiger partial charge in [0.15, 0.2) is 11.6 Å². The van der Waals surface area contributed by atoms with Crippen LogP contribution in [0.3, 0.4) is 0 Å². The number of sulfonamides is 1. The lowest BCUT2D eigenvalue weighted by atomic mass is 10.1. The van der Waals surface area contributed by atoms with E-state index in [0.29, 0.717) is 53.5 Å². The molecule has 5 rings (SSSR count). The van der Waals surface area contributed by atoms with Crippen LogP contribution in [0.4, 0.5) is 40.6 Å². The van der Waals surface area contributed by atoms with Gasteiger partial charge in [0.25, 0.3) is 0 Å². The maximum Gasteiger partial charge on any atom is 0.490 e. The van der Waals surface area contributed by atoms with E-state index in [1.807, 2.05) is 29.2 Å². The minimum absolute atomic E-state index is 0.0467. The molecule has 1 atom stereocenters. The second-order valence-electron chi connectivity index (χ2n) is 10.9. The summed E-state index contributed by atoms with van der Waals surface area (Å²) in [6.45, 7) is 5.07. The van der Waals surface area contributed by atoms with E-state index in [9.17, 15) is 26.7 Å². The van der Waals surface area contributed by atoms with Gasteiger partial charge in [0.2, 0.25) is 16.0 Å². The molecule has 48 heavy (non-hydrogen) atoms. The molecule has 18 heteroatoms. The Hall–Kier alpha value is -4.68. The lowest BCUT2D eigenvalue weighted by Gasteiger charge is -2.36. The molecule has 0 aliphatic carbocycles. The van der Waals surface area contributed by atoms with Crippen LogP contribution >= 0.6 is 0 Å². The number of hydrogen-bond acceptors (Lipinski definition) is 10. The van der Waals surface area contributed by atoms with Gasteiger partial charge in [-0.1, -0.05) is 18.2 Å². The molecule has 0 amide bonds. The minimum atomic E-state index is -5.08. The number of aliphatic hydroxyl groups is 1. The molecule has 260 valence electrons. The van der Waals surface area contributed by atoms with E-state index >= 15 is 4.39 Å². The topological polar surface area (TPSA) is 153 Å². The normalized spacial score (nSPS) is 14.6. The van der Waals surface area contributed by atoms with Crippen LogP contribution in [0.5, 0.6) is 5.75 Å². The number of piperazine rings is 1. The molecule has 0 saturated carbocycles. The summed E-state index contributed by atoms with van der Waals surface area (Å²) in [7, 11) is -0.569. The second-order valence-corrected chi connectivity index (χ2v) is 12.9. The number of halogens is 4. The quantitative estimate of drug-likeness (QED) is 0.219. The number of carbonyl (C=O) groups is 1. The van der Waals surface area contributed by atoms with Crippen LogP contribution in [-0.4, -0.2) is 110 Å². The van der Waals surface area contributed by atoms with Gasteiger partial charge in [-0.2, -0.15) is 13.2 Å². The first kappa shape index (κ1) is 36.2. The van der Waals surface area contributed by atoms with Crippen molar-refractivity contribution in [2.75, 3.05) is 67.7 Å². The van der Waals surface area contributed by atoms with Crippen molar-refractivity contribution in [1.29, 1.82) is 0 Å². The van der Waals surface area contributed by atoms with E-state index in [0.717, 1.165) is 19.3 Å². The number of anilines is 4. The molecule has 0 spiro atoms. The Bertz CT molecular complexity index is 1860. The van der Waals surface area contributed by atoms with Gasteiger partial charge in [0, 0.05) is 45.3 Å². The number of aromatic nitrogens is 3. The first-order valence-corrected chi connectivity index (χ1v) is 16.3. The maximum atomic E-state index is 15.7. The second kappa shape index (κ2) is 14.6. The largest absolute Gasteiger partial charge is 0.492 e. The fraction of sp³-hybridized carbons (Fsp3) is 0.367. The number of aliphatic hydroxyl groups excluding tert-OH is 1. The van der Waals surface area contributed by atoms with Gasteiger partial charge < -0.3 is 25.2 Å². The van der Waals surface area contributed by atoms with Gasteiger partial charge >= 0.3 is 12.1 Å². The van der Waals surface area contributed by atoms with Crippen molar-refractivity contribution in [3.8, 4) is 17.0 Å². The molecule has 3 heterocycles. The lowest BCUT2D eigenvalue weighted by Crippen LogP contribution is -2.48. The molecule has 3 N–H and O–H groups in total. The number of carboxylic acid groups (broad SMARTS) is 1. The standard InChI is InChI=1S/C28H34FN7O4S.C2HF3O2/c1-19(37)18-34-13-15-35(16-14-34)25-12-10-22(27(40-3)26(25)29)31-28-30-17-20-9-11-24(36(20)32-28)21-7-5-6-8-23(21)33(2)41(4,38)39;3-2(4,5)1(6)7/h5-12,17,19,37H,13-16,18H2,1-4H3,(H,31,32);(H,6,7)/t19-;/m0./s1. The summed E-state index contributed by atoms with van der Waals surface area (Å²) in [5.41, 5.74) is 3.36. The Labute approximate surface area is 274 Å². The predicted molar refractivity (Wildman–Crippen MR) is 172 cm³/mol. The third kappa shape index (κ3) is 8.42. The number of ether oxygens (including phenoxy) is 1. The highest BCUT2D eigenvalue weighted by Gasteiger charge is 2.38. The zero-order valence-corrected chi connectivity index (χ0v) is 27.3. The molecule has 2 aromatic carbocycles. The first-order valence-electron chi connectivity index (χ1n) is 14.5. The Balaban J connectivity index is 0.000000671. The van der Waals surface area contributed by atoms with Crippen molar-refractivity contribution in [2.24, 2.45) is 0 Å². The van der Waals surface area contributed by atoms with E-state index in [1.54, 1.807) is 41.9 Å². The summed E-state index contributed by atoms with van der Waals surface area (Å²) < 4.78 is 80.3. The van der Waals surface area contributed by atoms with Crippen LogP contribution in [0.2, 0.25) is 0 Å². The van der Waals surface area contributed by atoms with Gasteiger partial charge in [-0.15, -0.1) is 5.10 Å². The highest BCUT2D eigenvalue weighted by molar-refractivity contribution is 7.92. The number of rotatable bonds is 9. The Morgan fingerprint density at radius 3 is 2.33 bits per heavy atom. The highest BCUT2D eigenvalue weighted by atomic mass is 32.2. The molecule has 0 radical (unpaired) electrons. The molecule has 13 nitrogen and oxygen atoms in total. The van der Waals surface area contributed by atoms with E-state index in [4.69, 9.17) is 14.6 Å². The molecule has 1 fully saturated rings. The number of fused-ring (bicyclic) bond motifs is 1. The zero-order valence-electron chi connectivity index (χ0n) is 26.4. The average molecular weight is 698 g/mol. The van der Waals surface area contributed by atoms with Crippen molar-refractivity contribution in [3.05, 3.63) is 60.5 Å². The van der Waals surface area contributed by atoms with E-state index in [-0.39, 0.29) is 11.7 Å². The fourth-order valence-electron chi connectivity index (χ4n) is 5.06. The molecule has 1 saturated heterocycles. The Kier molecular flexibility index (Phi) is 11.0. The monoisotopic (exact) mass is 697 g/mol. The summed E-state index contributed by atoms with van der Waals surface area (Å²) >= 11 is 0. The molecular weight excluding hydrogens is 662 g/mol. The van der Waals surface area contributed by atoms with Crippen LogP contribution in [0.15, 0.2) is 54.7 Å². The van der Waals surface area contributed by atoms with E-state index < -0.39 is 34.1 Å². The number of β-amino-alcohol motifs (C(OH)–C–C–N with tert-alkyl or cyclic N) is 1. The maximum absolute atomic E-state index is 15.7. The molecule has 1 aliphatic rings. The summed E-state index contributed by atoms with van der Waals surface area (Å²) in [5, 5.41) is 24.5. The number of nitrogens with zero attached hydrogens (tertiary/aromatic N) is 6. The number of para-hydroxylation sites is 1. The number of aliphatic carboxylic acids is 1. The average Bonchev–Trinajstić information content (AvgIpc) is 3.44. The molecule has 0 unspecified atom stereocenters. The summed E-state index contributed by atoms with van der Waals surface area (Å²) in [6.07, 6.45) is -2.71. The number of alkyl halides is 3. The van der Waals surface area contributed by atoms with Crippen molar-refractivity contribution in [3.63, 3.8) is 0 Å². The van der Waals surface area contributed by atoms with Crippen molar-refractivity contribution < 1.29 is 45.7 Å². The molecule has 1 aliphatic heterocycles. The zero-order chi connectivity index (χ0) is 35.4. The molecule has 0 bridgehead atoms. The Morgan fingerprint density at radius 2 is 1.75 bits per heavy atom. The molecular formula is C30H35F4N7O6S. The van der Waals surface area contributed by atoms with Crippen LogP contribution < -0.4 is 19.3 Å². The van der Waals surface area contributed by atoms with Gasteiger partial charge in [0.05, 0.1) is 53.9 Å². The van der Waals surface area contributed by atoms with Crippen LogP contribution in [0.25, 0.3) is 16.8 Å². The van der Waals surface area contributed by atoms with Gasteiger partial charge in [-0.3, -0.25) is 9.21 Å². The lowest BCUT2D eigenvalue weighted by molar-refractivity contribution is -0.192. The van der Waals surface area contributed by atoms with Gasteiger partial charge in [0.1, 0.15) is 0 Å². The molecule has 4 aromatic rings. The summed E-state index contributed by atoms with van der Waals surface area (Å²) in [6, 6.07) is 14.3. The van der Waals surface area contributed by atoms with Crippen LogP contribution in [-0.2, 0) is 14.8 Å². The van der Waals surface area contributed by atoms with Crippen LogP contribution in [0, 0.1) is 5.82 Å². The van der Waals surface area contributed by atoms with Crippen molar-refractivity contribution in [1.82, 2.24) is 19.5 Å². The molecule has 2 aromatic heterocycles. The Morgan fingerprint density at radius 1 is 1.10 bits per heavy atom. The van der Waals surface area contributed by atoms with E-state index in [1.165, 1.54) is 18.5 Å². The third-order valence-electron chi connectivity index (χ3n) is 7.42. The van der Waals surface area contributed by atoms with Crippen molar-refractivity contribution in [2.45, 2.75) is 19.2 Å². The number of hydrogen-bond donors (Lipinski definition) is 3. The summed E-state index contributed by atoms with van der Waals surface area (Å²) in [4.78, 5) is 17.4. The SMILES string of the molecule is COc1c(Nc2ncc3ccc(-c4ccccc4N(C)S(C)(=O)=O)n3n2)ccc(N2CCN(C[C@H](C)O)CC2)c1F.O=C(O)C(F)(F)F. The first-order chi connectivity index (χ1) is 22.5. The third-order valence-corrected chi connectivity index (χ3v) is 8.61. The summed E-state index contributed by atoms with van der Waals surface area (Å²) in [5.74, 6) is -2.99. The predicted octanol–water partition coefficient (Wildman–Crippen LogP) is 3.82. The smallest absolute Gasteiger partial charge is 0.490 e. The number of nitrogens with one attached hydrogen (secondary N) is 1. The van der Waals surface area contributed by atoms with Gasteiger partial charge in [-0.05, 0) is 37.3 Å². The fourth-order valence-corrected chi connectivity index (χ4v) is 5.58. The van der Waals surface area contributed by atoms with Crippen molar-refractivity contribution >= 4 is 44.5 Å². The highest BCUT2D eigenvalue weighted by Crippen LogP contribution is 2.37. The number of carboxylic acids is 1. The van der Waals surface area contributed by atoms with E-state index in [2.05, 4.69) is 20.3 Å². The number of methoxy groups -OCH3 is 1. The number of benzene rings is 2.